The van der Waals surface area contributed by atoms with Gasteiger partial charge in [-0.1, -0.05) is 27.7 Å². The lowest BCUT2D eigenvalue weighted by Crippen LogP contribution is -2.50. The predicted molar refractivity (Wildman–Crippen MR) is 80.2 cm³/mol. The summed E-state index contributed by atoms with van der Waals surface area (Å²) in [6.45, 7) is 16.0. The van der Waals surface area contributed by atoms with E-state index in [2.05, 4.69) is 27.7 Å². The van der Waals surface area contributed by atoms with E-state index in [1.807, 2.05) is 0 Å². The molecule has 0 rings (SSSR count). The average molecular weight is 276 g/mol. The van der Waals surface area contributed by atoms with Crippen molar-refractivity contribution < 1.29 is 19.5 Å². The quantitative estimate of drug-likeness (QED) is 0.637. The van der Waals surface area contributed by atoms with Crippen LogP contribution in [0.2, 0.25) is 0 Å². The molecule has 0 amide bonds. The summed E-state index contributed by atoms with van der Waals surface area (Å²) in [5.74, 6) is -1.19. The molecule has 0 aliphatic rings. The van der Waals surface area contributed by atoms with Gasteiger partial charge in [0.15, 0.2) is 0 Å². The van der Waals surface area contributed by atoms with Gasteiger partial charge in [-0.05, 0) is 32.6 Å². The summed E-state index contributed by atoms with van der Waals surface area (Å²) in [5.41, 5.74) is 0. The second-order valence-corrected chi connectivity index (χ2v) is 5.25. The van der Waals surface area contributed by atoms with Crippen molar-refractivity contribution in [2.24, 2.45) is 0 Å². The van der Waals surface area contributed by atoms with Gasteiger partial charge in [-0.3, -0.25) is 0 Å². The van der Waals surface area contributed by atoms with Crippen molar-refractivity contribution in [1.29, 1.82) is 0 Å². The van der Waals surface area contributed by atoms with E-state index in [9.17, 15) is 4.79 Å². The summed E-state index contributed by atoms with van der Waals surface area (Å²) in [6, 6.07) is 0. The zero-order valence-corrected chi connectivity index (χ0v) is 13.5. The van der Waals surface area contributed by atoms with E-state index in [4.69, 9.17) is 10.2 Å². The molecular formula is C15H34NO3+. The van der Waals surface area contributed by atoms with Crippen molar-refractivity contribution in [3.63, 3.8) is 0 Å². The molecule has 19 heavy (non-hydrogen) atoms. The first-order valence-electron chi connectivity index (χ1n) is 7.65. The third-order valence-electron chi connectivity index (χ3n) is 3.15. The van der Waals surface area contributed by atoms with Gasteiger partial charge >= 0.3 is 5.97 Å². The maximum absolute atomic E-state index is 9.45. The molecule has 0 radical (unpaired) electrons. The fourth-order valence-corrected chi connectivity index (χ4v) is 2.57. The third-order valence-corrected chi connectivity index (χ3v) is 3.15. The van der Waals surface area contributed by atoms with Gasteiger partial charge < -0.3 is 14.7 Å². The Morgan fingerprint density at radius 2 is 1.11 bits per heavy atom. The van der Waals surface area contributed by atoms with Crippen molar-refractivity contribution in [3.05, 3.63) is 0 Å². The Morgan fingerprint density at radius 3 is 1.21 bits per heavy atom. The SMILES string of the molecule is CC(O)C(=O)O.CCC[N+](CCC)(CCC)CCC. The van der Waals surface area contributed by atoms with E-state index in [1.54, 1.807) is 0 Å². The lowest BCUT2D eigenvalue weighted by molar-refractivity contribution is -0.928. The van der Waals surface area contributed by atoms with Gasteiger partial charge in [0.25, 0.3) is 0 Å². The van der Waals surface area contributed by atoms with Gasteiger partial charge in [-0.2, -0.15) is 0 Å². The molecule has 4 heteroatoms. The lowest BCUT2D eigenvalue weighted by Gasteiger charge is -2.38. The molecule has 0 aromatic heterocycles. The monoisotopic (exact) mass is 276 g/mol. The molecule has 1 unspecified atom stereocenters. The highest BCUT2D eigenvalue weighted by Gasteiger charge is 2.22. The van der Waals surface area contributed by atoms with Crippen molar-refractivity contribution in [3.8, 4) is 0 Å². The van der Waals surface area contributed by atoms with Gasteiger partial charge in [0.2, 0.25) is 0 Å². The normalized spacial score (nSPS) is 12.5. The molecule has 0 saturated heterocycles. The van der Waals surface area contributed by atoms with E-state index in [0.29, 0.717) is 0 Å². The Morgan fingerprint density at radius 1 is 0.895 bits per heavy atom. The fraction of sp³-hybridized carbons (Fsp3) is 0.933. The molecule has 0 aromatic carbocycles. The molecule has 0 fully saturated rings. The van der Waals surface area contributed by atoms with Crippen molar-refractivity contribution in [2.45, 2.75) is 66.4 Å². The molecule has 1 atom stereocenters. The van der Waals surface area contributed by atoms with E-state index < -0.39 is 12.1 Å². The number of rotatable bonds is 9. The standard InChI is InChI=1S/C12H28N.C3H6O3/c1-5-9-13(10-6-2,11-7-3)12-8-4;1-2(4)3(5)6/h5-12H2,1-4H3;2,4H,1H3,(H,5,6)/q+1;. The Hall–Kier alpha value is -0.610. The van der Waals surface area contributed by atoms with Crippen LogP contribution in [0.15, 0.2) is 0 Å². The number of carboxylic acid groups (broad SMARTS) is 1. The summed E-state index contributed by atoms with van der Waals surface area (Å²) in [7, 11) is 0. The van der Waals surface area contributed by atoms with Crippen LogP contribution in [0, 0.1) is 0 Å². The number of nitrogens with zero attached hydrogens (tertiary/aromatic N) is 1. The van der Waals surface area contributed by atoms with Crippen molar-refractivity contribution >= 4 is 5.97 Å². The number of hydrogen-bond acceptors (Lipinski definition) is 2. The zero-order valence-electron chi connectivity index (χ0n) is 13.5. The van der Waals surface area contributed by atoms with Gasteiger partial charge in [0, 0.05) is 0 Å². The first-order chi connectivity index (χ1) is 8.89. The van der Waals surface area contributed by atoms with Gasteiger partial charge in [-0.25, -0.2) is 4.79 Å². The average Bonchev–Trinajstić information content (AvgIpc) is 2.31. The van der Waals surface area contributed by atoms with E-state index in [-0.39, 0.29) is 0 Å². The minimum Gasteiger partial charge on any atom is -0.479 e. The highest BCUT2D eigenvalue weighted by molar-refractivity contribution is 5.71. The molecule has 4 nitrogen and oxygen atoms in total. The minimum absolute atomic E-state index is 1.19. The molecule has 0 aliphatic carbocycles. The maximum atomic E-state index is 9.45. The number of aliphatic hydroxyl groups is 1. The van der Waals surface area contributed by atoms with Crippen molar-refractivity contribution in [1.82, 2.24) is 0 Å². The number of aliphatic hydroxyl groups excluding tert-OH is 1. The highest BCUT2D eigenvalue weighted by atomic mass is 16.4. The van der Waals surface area contributed by atoms with Crippen LogP contribution >= 0.6 is 0 Å². The summed E-state index contributed by atoms with van der Waals surface area (Å²) < 4.78 is 1.38. The van der Waals surface area contributed by atoms with Gasteiger partial charge in [0.1, 0.15) is 6.10 Å². The van der Waals surface area contributed by atoms with Crippen LogP contribution in [-0.2, 0) is 4.79 Å². The molecule has 0 heterocycles. The Labute approximate surface area is 119 Å². The number of carbonyl (C=O) groups is 1. The Bertz CT molecular complexity index is 188. The van der Waals surface area contributed by atoms with Crippen LogP contribution in [-0.4, -0.2) is 52.9 Å². The first-order valence-corrected chi connectivity index (χ1v) is 7.65. The van der Waals surface area contributed by atoms with Crippen LogP contribution in [0.4, 0.5) is 0 Å². The second kappa shape index (κ2) is 12.4. The molecule has 0 spiro atoms. The van der Waals surface area contributed by atoms with Crippen LogP contribution in [0.5, 0.6) is 0 Å². The summed E-state index contributed by atoms with van der Waals surface area (Å²) in [4.78, 5) is 9.45. The molecule has 0 aliphatic heterocycles. The van der Waals surface area contributed by atoms with Gasteiger partial charge in [0.05, 0.1) is 26.2 Å². The van der Waals surface area contributed by atoms with Crippen LogP contribution in [0.3, 0.4) is 0 Å². The topological polar surface area (TPSA) is 57.5 Å². The summed E-state index contributed by atoms with van der Waals surface area (Å²) >= 11 is 0. The number of hydrogen-bond donors (Lipinski definition) is 2. The van der Waals surface area contributed by atoms with E-state index in [0.717, 1.165) is 0 Å². The summed E-state index contributed by atoms with van der Waals surface area (Å²) in [6.07, 6.45) is 4.10. The molecular weight excluding hydrogens is 242 g/mol. The Kier molecular flexibility index (Phi) is 13.5. The van der Waals surface area contributed by atoms with Gasteiger partial charge in [-0.15, -0.1) is 0 Å². The first kappa shape index (κ1) is 20.7. The Balaban J connectivity index is 0. The van der Waals surface area contributed by atoms with E-state index in [1.165, 1.54) is 63.3 Å². The molecule has 0 aromatic rings. The smallest absolute Gasteiger partial charge is 0.332 e. The third kappa shape index (κ3) is 11.0. The van der Waals surface area contributed by atoms with E-state index >= 15 is 0 Å². The summed E-state index contributed by atoms with van der Waals surface area (Å²) in [5, 5.41) is 15.8. The predicted octanol–water partition coefficient (Wildman–Crippen LogP) is 2.90. The zero-order chi connectivity index (χ0) is 15.3. The minimum atomic E-state index is -1.23. The number of carboxylic acids is 1. The highest BCUT2D eigenvalue weighted by Crippen LogP contribution is 2.12. The molecule has 0 saturated carbocycles. The molecule has 116 valence electrons. The van der Waals surface area contributed by atoms with Crippen molar-refractivity contribution in [2.75, 3.05) is 26.2 Å². The lowest BCUT2D eigenvalue weighted by atomic mass is 10.2. The fourth-order valence-electron chi connectivity index (χ4n) is 2.57. The second-order valence-electron chi connectivity index (χ2n) is 5.25. The van der Waals surface area contributed by atoms with Crippen LogP contribution < -0.4 is 0 Å². The number of quaternary nitrogens is 1. The maximum Gasteiger partial charge on any atom is 0.332 e. The van der Waals surface area contributed by atoms with Crippen LogP contribution in [0.1, 0.15) is 60.3 Å². The number of aliphatic carboxylic acids is 1. The largest absolute Gasteiger partial charge is 0.479 e. The molecule has 2 N–H and O–H groups in total. The van der Waals surface area contributed by atoms with Crippen LogP contribution in [0.25, 0.3) is 0 Å². The molecule has 0 bridgehead atoms.